The fraction of sp³-hybridized carbons (Fsp3) is 0.211. The highest BCUT2D eigenvalue weighted by Gasteiger charge is 2.22. The Morgan fingerprint density at radius 1 is 0.760 bits per heavy atom. The second-order valence-electron chi connectivity index (χ2n) is 6.52. The summed E-state index contributed by atoms with van der Waals surface area (Å²) in [6, 6.07) is 15.3. The van der Waals surface area contributed by atoms with Gasteiger partial charge in [-0.2, -0.15) is 0 Å². The molecule has 0 aliphatic heterocycles. The monoisotopic (exact) mass is 339 g/mol. The van der Waals surface area contributed by atoms with Gasteiger partial charge < -0.3 is 5.32 Å². The lowest BCUT2D eigenvalue weighted by Gasteiger charge is -2.18. The van der Waals surface area contributed by atoms with Gasteiger partial charge in [-0.15, -0.1) is 0 Å². The van der Waals surface area contributed by atoms with Crippen molar-refractivity contribution in [3.63, 3.8) is 0 Å². The standard InChI is InChI=1S/C19H21N3O3/c1-19(2,3)18(25)22-21-17(24)14-11-7-8-12-15(14)20-16(23)13-9-5-4-6-10-13/h4-12H,1-3H3,(H,20,23)(H,21,24)(H,22,25). The Morgan fingerprint density at radius 2 is 1.36 bits per heavy atom. The average Bonchev–Trinajstić information content (AvgIpc) is 2.59. The molecule has 130 valence electrons. The maximum Gasteiger partial charge on any atom is 0.271 e. The van der Waals surface area contributed by atoms with Gasteiger partial charge in [-0.25, -0.2) is 0 Å². The molecule has 2 aromatic rings. The van der Waals surface area contributed by atoms with E-state index in [1.807, 2.05) is 6.07 Å². The highest BCUT2D eigenvalue weighted by molar-refractivity contribution is 6.09. The zero-order valence-electron chi connectivity index (χ0n) is 14.4. The summed E-state index contributed by atoms with van der Waals surface area (Å²) in [6.07, 6.45) is 0. The molecule has 0 radical (unpaired) electrons. The van der Waals surface area contributed by atoms with E-state index in [9.17, 15) is 14.4 Å². The summed E-state index contributed by atoms with van der Waals surface area (Å²) in [5.41, 5.74) is 5.22. The van der Waals surface area contributed by atoms with Crippen molar-refractivity contribution in [3.8, 4) is 0 Å². The topological polar surface area (TPSA) is 87.3 Å². The summed E-state index contributed by atoms with van der Waals surface area (Å²) in [5.74, 6) is -1.15. The third kappa shape index (κ3) is 4.91. The van der Waals surface area contributed by atoms with Gasteiger partial charge in [0, 0.05) is 11.0 Å². The molecule has 0 saturated carbocycles. The van der Waals surface area contributed by atoms with Gasteiger partial charge in [-0.05, 0) is 24.3 Å². The van der Waals surface area contributed by atoms with Gasteiger partial charge in [-0.3, -0.25) is 25.2 Å². The lowest BCUT2D eigenvalue weighted by Crippen LogP contribution is -2.46. The molecule has 0 heterocycles. The van der Waals surface area contributed by atoms with Crippen molar-refractivity contribution < 1.29 is 14.4 Å². The van der Waals surface area contributed by atoms with Crippen LogP contribution in [0, 0.1) is 5.41 Å². The zero-order chi connectivity index (χ0) is 18.4. The average molecular weight is 339 g/mol. The number of amides is 3. The van der Waals surface area contributed by atoms with Gasteiger partial charge in [-0.1, -0.05) is 51.1 Å². The van der Waals surface area contributed by atoms with E-state index < -0.39 is 11.3 Å². The number of hydrogen-bond acceptors (Lipinski definition) is 3. The van der Waals surface area contributed by atoms with Crippen LogP contribution in [0.4, 0.5) is 5.69 Å². The molecule has 2 aromatic carbocycles. The van der Waals surface area contributed by atoms with Crippen molar-refractivity contribution in [2.75, 3.05) is 5.32 Å². The van der Waals surface area contributed by atoms with Crippen LogP contribution in [-0.2, 0) is 4.79 Å². The van der Waals surface area contributed by atoms with Crippen molar-refractivity contribution in [1.29, 1.82) is 0 Å². The van der Waals surface area contributed by atoms with Crippen LogP contribution in [0.2, 0.25) is 0 Å². The summed E-state index contributed by atoms with van der Waals surface area (Å²) < 4.78 is 0. The maximum absolute atomic E-state index is 12.3. The van der Waals surface area contributed by atoms with Gasteiger partial charge in [0.05, 0.1) is 11.3 Å². The molecular weight excluding hydrogens is 318 g/mol. The summed E-state index contributed by atoms with van der Waals surface area (Å²) in [6.45, 7) is 5.22. The van der Waals surface area contributed by atoms with Gasteiger partial charge in [0.25, 0.3) is 11.8 Å². The molecule has 6 nitrogen and oxygen atoms in total. The van der Waals surface area contributed by atoms with Crippen molar-refractivity contribution in [1.82, 2.24) is 10.9 Å². The van der Waals surface area contributed by atoms with E-state index in [0.29, 0.717) is 11.3 Å². The number of hydrazine groups is 1. The predicted molar refractivity (Wildman–Crippen MR) is 95.9 cm³/mol. The SMILES string of the molecule is CC(C)(C)C(=O)NNC(=O)c1ccccc1NC(=O)c1ccccc1. The van der Waals surface area contributed by atoms with Crippen LogP contribution in [0.25, 0.3) is 0 Å². The molecule has 0 bridgehead atoms. The second kappa shape index (κ2) is 7.61. The molecule has 0 fully saturated rings. The minimum atomic E-state index is -0.631. The van der Waals surface area contributed by atoms with Crippen LogP contribution < -0.4 is 16.2 Å². The van der Waals surface area contributed by atoms with Crippen LogP contribution in [0.5, 0.6) is 0 Å². The fourth-order valence-electron chi connectivity index (χ4n) is 1.94. The number of rotatable bonds is 3. The van der Waals surface area contributed by atoms with Crippen molar-refractivity contribution in [3.05, 3.63) is 65.7 Å². The van der Waals surface area contributed by atoms with Gasteiger partial charge in [0.15, 0.2) is 0 Å². The summed E-state index contributed by atoms with van der Waals surface area (Å²) >= 11 is 0. The largest absolute Gasteiger partial charge is 0.321 e. The van der Waals surface area contributed by atoms with Crippen LogP contribution in [0.15, 0.2) is 54.6 Å². The highest BCUT2D eigenvalue weighted by atomic mass is 16.2. The maximum atomic E-state index is 12.3. The molecule has 0 saturated heterocycles. The van der Waals surface area contributed by atoms with Crippen molar-refractivity contribution >= 4 is 23.4 Å². The van der Waals surface area contributed by atoms with E-state index in [2.05, 4.69) is 16.2 Å². The number of hydrogen-bond donors (Lipinski definition) is 3. The van der Waals surface area contributed by atoms with E-state index in [1.54, 1.807) is 69.3 Å². The third-order valence-corrected chi connectivity index (χ3v) is 3.43. The molecule has 2 rings (SSSR count). The number of anilines is 1. The first-order chi connectivity index (χ1) is 11.8. The van der Waals surface area contributed by atoms with Crippen molar-refractivity contribution in [2.24, 2.45) is 5.41 Å². The van der Waals surface area contributed by atoms with Crippen LogP contribution >= 0.6 is 0 Å². The van der Waals surface area contributed by atoms with Crippen LogP contribution in [0.1, 0.15) is 41.5 Å². The first-order valence-corrected chi connectivity index (χ1v) is 7.85. The molecule has 0 unspecified atom stereocenters. The predicted octanol–water partition coefficient (Wildman–Crippen LogP) is 2.75. The Kier molecular flexibility index (Phi) is 5.54. The molecule has 0 aliphatic carbocycles. The Morgan fingerprint density at radius 3 is 2.00 bits per heavy atom. The zero-order valence-corrected chi connectivity index (χ0v) is 14.4. The number of carbonyl (C=O) groups excluding carboxylic acids is 3. The number of benzene rings is 2. The van der Waals surface area contributed by atoms with E-state index >= 15 is 0 Å². The Bertz CT molecular complexity index is 780. The summed E-state index contributed by atoms with van der Waals surface area (Å²) in [7, 11) is 0. The van der Waals surface area contributed by atoms with E-state index in [-0.39, 0.29) is 17.4 Å². The quantitative estimate of drug-likeness (QED) is 0.752. The smallest absolute Gasteiger partial charge is 0.271 e. The van der Waals surface area contributed by atoms with E-state index in [1.165, 1.54) is 0 Å². The van der Waals surface area contributed by atoms with Crippen LogP contribution in [-0.4, -0.2) is 17.7 Å². The molecule has 0 spiro atoms. The number of para-hydroxylation sites is 1. The second-order valence-corrected chi connectivity index (χ2v) is 6.52. The van der Waals surface area contributed by atoms with Crippen LogP contribution in [0.3, 0.4) is 0 Å². The van der Waals surface area contributed by atoms with Gasteiger partial charge >= 0.3 is 0 Å². The minimum absolute atomic E-state index is 0.251. The van der Waals surface area contributed by atoms with Crippen molar-refractivity contribution in [2.45, 2.75) is 20.8 Å². The molecule has 25 heavy (non-hydrogen) atoms. The lowest BCUT2D eigenvalue weighted by molar-refractivity contribution is -0.129. The van der Waals surface area contributed by atoms with Gasteiger partial charge in [0.2, 0.25) is 5.91 Å². The lowest BCUT2D eigenvalue weighted by atomic mass is 9.96. The third-order valence-electron chi connectivity index (χ3n) is 3.43. The molecule has 0 atom stereocenters. The molecular formula is C19H21N3O3. The number of nitrogens with one attached hydrogen (secondary N) is 3. The van der Waals surface area contributed by atoms with E-state index in [0.717, 1.165) is 0 Å². The molecule has 6 heteroatoms. The fourth-order valence-corrected chi connectivity index (χ4v) is 1.94. The summed E-state index contributed by atoms with van der Waals surface area (Å²) in [5, 5.41) is 2.71. The first-order valence-electron chi connectivity index (χ1n) is 7.85. The number of carbonyl (C=O) groups is 3. The normalized spacial score (nSPS) is 10.7. The van der Waals surface area contributed by atoms with E-state index in [4.69, 9.17) is 0 Å². The molecule has 3 amide bonds. The first kappa shape index (κ1) is 18.2. The highest BCUT2D eigenvalue weighted by Crippen LogP contribution is 2.16. The van der Waals surface area contributed by atoms with Gasteiger partial charge in [0.1, 0.15) is 0 Å². The Labute approximate surface area is 146 Å². The Balaban J connectivity index is 2.11. The molecule has 0 aliphatic rings. The molecule has 3 N–H and O–H groups in total. The minimum Gasteiger partial charge on any atom is -0.321 e. The summed E-state index contributed by atoms with van der Waals surface area (Å²) in [4.78, 5) is 36.5. The molecule has 0 aromatic heterocycles. The Hall–Kier alpha value is -3.15.